The predicted molar refractivity (Wildman–Crippen MR) is 61.0 cm³/mol. The maximum atomic E-state index is 11.2. The van der Waals surface area contributed by atoms with Gasteiger partial charge in [0.2, 0.25) is 0 Å². The summed E-state index contributed by atoms with van der Waals surface area (Å²) in [4.78, 5) is 13.4. The molecule has 4 nitrogen and oxygen atoms in total. The molecule has 0 spiro atoms. The van der Waals surface area contributed by atoms with Crippen molar-refractivity contribution in [1.29, 1.82) is 0 Å². The van der Waals surface area contributed by atoms with Gasteiger partial charge >= 0.3 is 5.97 Å². The molecule has 0 amide bonds. The Morgan fingerprint density at radius 1 is 1.60 bits per heavy atom. The largest absolute Gasteiger partial charge is 0.468 e. The molecule has 0 bridgehead atoms. The van der Waals surface area contributed by atoms with Gasteiger partial charge in [0.05, 0.1) is 7.11 Å². The Kier molecular flexibility index (Phi) is 6.05. The second kappa shape index (κ2) is 7.09. The van der Waals surface area contributed by atoms with Gasteiger partial charge < -0.3 is 9.84 Å². The van der Waals surface area contributed by atoms with Crippen LogP contribution in [0.1, 0.15) is 12.8 Å². The Morgan fingerprint density at radius 2 is 2.40 bits per heavy atom. The molecular weight excluding hydrogens is 214 g/mol. The van der Waals surface area contributed by atoms with Gasteiger partial charge in [0.1, 0.15) is 6.04 Å². The minimum absolute atomic E-state index is 0.00607. The summed E-state index contributed by atoms with van der Waals surface area (Å²) in [6, 6.07) is -0.00607. The molecule has 0 aromatic heterocycles. The van der Waals surface area contributed by atoms with E-state index in [-0.39, 0.29) is 18.6 Å². The van der Waals surface area contributed by atoms with Gasteiger partial charge in [-0.1, -0.05) is 0 Å². The smallest absolute Gasteiger partial charge is 0.323 e. The van der Waals surface area contributed by atoms with Crippen LogP contribution in [-0.4, -0.2) is 60.3 Å². The van der Waals surface area contributed by atoms with Gasteiger partial charge in [-0.25, -0.2) is 0 Å². The zero-order chi connectivity index (χ0) is 11.1. The molecule has 0 saturated carbocycles. The van der Waals surface area contributed by atoms with Gasteiger partial charge in [0, 0.05) is 25.4 Å². The SMILES string of the molecule is COC(=O)C1CCN1CCSCCCO. The number of esters is 1. The number of aliphatic hydroxyl groups excluding tert-OH is 1. The van der Waals surface area contributed by atoms with Crippen molar-refractivity contribution in [2.24, 2.45) is 0 Å². The van der Waals surface area contributed by atoms with E-state index in [1.165, 1.54) is 7.11 Å². The molecule has 0 aliphatic carbocycles. The fraction of sp³-hybridized carbons (Fsp3) is 0.900. The van der Waals surface area contributed by atoms with Crippen molar-refractivity contribution < 1.29 is 14.6 Å². The summed E-state index contributed by atoms with van der Waals surface area (Å²) < 4.78 is 4.71. The first-order chi connectivity index (χ1) is 7.29. The summed E-state index contributed by atoms with van der Waals surface area (Å²) in [7, 11) is 1.44. The van der Waals surface area contributed by atoms with Crippen LogP contribution in [0.2, 0.25) is 0 Å². The van der Waals surface area contributed by atoms with Crippen molar-refractivity contribution >= 4 is 17.7 Å². The van der Waals surface area contributed by atoms with Gasteiger partial charge in [-0.05, 0) is 18.6 Å². The standard InChI is InChI=1S/C10H19NO3S/c1-14-10(13)9-3-4-11(9)5-8-15-7-2-6-12/h9,12H,2-8H2,1H3. The van der Waals surface area contributed by atoms with Gasteiger partial charge in [-0.3, -0.25) is 9.69 Å². The lowest BCUT2D eigenvalue weighted by Crippen LogP contribution is -2.53. The van der Waals surface area contributed by atoms with E-state index in [0.717, 1.165) is 37.4 Å². The molecule has 1 fully saturated rings. The Hall–Kier alpha value is -0.260. The maximum absolute atomic E-state index is 11.2. The van der Waals surface area contributed by atoms with E-state index in [1.807, 2.05) is 11.8 Å². The highest BCUT2D eigenvalue weighted by atomic mass is 32.2. The topological polar surface area (TPSA) is 49.8 Å². The third-order valence-electron chi connectivity index (χ3n) is 2.57. The number of ether oxygens (including phenoxy) is 1. The summed E-state index contributed by atoms with van der Waals surface area (Å²) in [6.07, 6.45) is 1.78. The summed E-state index contributed by atoms with van der Waals surface area (Å²) in [5.41, 5.74) is 0. The summed E-state index contributed by atoms with van der Waals surface area (Å²) in [5.74, 6) is 1.90. The van der Waals surface area contributed by atoms with E-state index in [2.05, 4.69) is 4.90 Å². The zero-order valence-corrected chi connectivity index (χ0v) is 9.96. The van der Waals surface area contributed by atoms with Crippen LogP contribution >= 0.6 is 11.8 Å². The average Bonchev–Trinajstić information content (AvgIpc) is 2.21. The maximum Gasteiger partial charge on any atom is 0.323 e. The Balaban J connectivity index is 2.04. The van der Waals surface area contributed by atoms with Crippen LogP contribution in [-0.2, 0) is 9.53 Å². The third-order valence-corrected chi connectivity index (χ3v) is 3.62. The van der Waals surface area contributed by atoms with Crippen LogP contribution in [0.25, 0.3) is 0 Å². The average molecular weight is 233 g/mol. The number of methoxy groups -OCH3 is 1. The molecule has 88 valence electrons. The first-order valence-corrected chi connectivity index (χ1v) is 6.45. The molecule has 1 heterocycles. The minimum Gasteiger partial charge on any atom is -0.468 e. The predicted octanol–water partition coefficient (Wildman–Crippen LogP) is 0.349. The fourth-order valence-corrected chi connectivity index (χ4v) is 2.46. The molecule has 1 rings (SSSR count). The molecule has 1 aliphatic rings. The van der Waals surface area contributed by atoms with Crippen molar-refractivity contribution in [1.82, 2.24) is 4.90 Å². The van der Waals surface area contributed by atoms with Crippen molar-refractivity contribution in [3.05, 3.63) is 0 Å². The van der Waals surface area contributed by atoms with Crippen molar-refractivity contribution in [3.63, 3.8) is 0 Å². The van der Waals surface area contributed by atoms with E-state index in [4.69, 9.17) is 9.84 Å². The van der Waals surface area contributed by atoms with Crippen LogP contribution in [0.15, 0.2) is 0 Å². The molecule has 1 saturated heterocycles. The first kappa shape index (κ1) is 12.8. The van der Waals surface area contributed by atoms with Gasteiger partial charge in [0.15, 0.2) is 0 Å². The number of likely N-dealkylation sites (tertiary alicyclic amines) is 1. The lowest BCUT2D eigenvalue weighted by Gasteiger charge is -2.38. The molecule has 5 heteroatoms. The van der Waals surface area contributed by atoms with Crippen molar-refractivity contribution in [2.45, 2.75) is 18.9 Å². The first-order valence-electron chi connectivity index (χ1n) is 5.30. The number of carbonyl (C=O) groups excluding carboxylic acids is 1. The van der Waals surface area contributed by atoms with Crippen molar-refractivity contribution in [2.75, 3.05) is 38.3 Å². The number of hydrogen-bond acceptors (Lipinski definition) is 5. The van der Waals surface area contributed by atoms with Crippen LogP contribution in [0.5, 0.6) is 0 Å². The Morgan fingerprint density at radius 3 is 2.93 bits per heavy atom. The third kappa shape index (κ3) is 4.01. The molecule has 0 aromatic rings. The molecule has 1 unspecified atom stereocenters. The number of hydrogen-bond donors (Lipinski definition) is 1. The molecule has 0 aromatic carbocycles. The minimum atomic E-state index is -0.110. The van der Waals surface area contributed by atoms with Gasteiger partial charge in [-0.2, -0.15) is 11.8 Å². The summed E-state index contributed by atoms with van der Waals surface area (Å²) in [6.45, 7) is 2.21. The van der Waals surface area contributed by atoms with E-state index in [9.17, 15) is 4.79 Å². The second-order valence-corrected chi connectivity index (χ2v) is 4.78. The van der Waals surface area contributed by atoms with Crippen LogP contribution in [0.3, 0.4) is 0 Å². The van der Waals surface area contributed by atoms with Crippen LogP contribution in [0.4, 0.5) is 0 Å². The second-order valence-electron chi connectivity index (χ2n) is 3.55. The van der Waals surface area contributed by atoms with Crippen LogP contribution < -0.4 is 0 Å². The Labute approximate surface area is 95.0 Å². The molecular formula is C10H19NO3S. The molecule has 1 atom stereocenters. The summed E-state index contributed by atoms with van der Waals surface area (Å²) >= 11 is 1.82. The Bertz CT molecular complexity index is 201. The van der Waals surface area contributed by atoms with Crippen LogP contribution in [0, 0.1) is 0 Å². The lowest BCUT2D eigenvalue weighted by molar-refractivity contribution is -0.151. The number of carbonyl (C=O) groups is 1. The van der Waals surface area contributed by atoms with E-state index in [1.54, 1.807) is 0 Å². The fourth-order valence-electron chi connectivity index (χ4n) is 1.56. The van der Waals surface area contributed by atoms with E-state index < -0.39 is 0 Å². The number of nitrogens with zero attached hydrogens (tertiary/aromatic N) is 1. The number of rotatable bonds is 7. The quantitative estimate of drug-likeness (QED) is 0.508. The summed E-state index contributed by atoms with van der Waals surface area (Å²) in [5, 5.41) is 8.59. The van der Waals surface area contributed by atoms with Gasteiger partial charge in [0.25, 0.3) is 0 Å². The number of thioether (sulfide) groups is 1. The zero-order valence-electron chi connectivity index (χ0n) is 9.15. The van der Waals surface area contributed by atoms with Crippen molar-refractivity contribution in [3.8, 4) is 0 Å². The van der Waals surface area contributed by atoms with Gasteiger partial charge in [-0.15, -0.1) is 0 Å². The lowest BCUT2D eigenvalue weighted by atomic mass is 10.0. The molecule has 1 N–H and O–H groups in total. The van der Waals surface area contributed by atoms with E-state index >= 15 is 0 Å². The normalized spacial score (nSPS) is 21.1. The highest BCUT2D eigenvalue weighted by Gasteiger charge is 2.34. The number of aliphatic hydroxyl groups is 1. The highest BCUT2D eigenvalue weighted by molar-refractivity contribution is 7.99. The highest BCUT2D eigenvalue weighted by Crippen LogP contribution is 2.18. The monoisotopic (exact) mass is 233 g/mol. The molecule has 15 heavy (non-hydrogen) atoms. The van der Waals surface area contributed by atoms with E-state index in [0.29, 0.717) is 0 Å². The molecule has 1 aliphatic heterocycles. The molecule has 0 radical (unpaired) electrons.